The monoisotopic (exact) mass is 291 g/mol. The fourth-order valence-electron chi connectivity index (χ4n) is 2.60. The predicted molar refractivity (Wildman–Crippen MR) is 74.3 cm³/mol. The van der Waals surface area contributed by atoms with Crippen molar-refractivity contribution in [3.05, 3.63) is 23.8 Å². The first-order valence-electron chi connectivity index (χ1n) is 6.88. The van der Waals surface area contributed by atoms with E-state index >= 15 is 0 Å². The number of primary amides is 1. The Morgan fingerprint density at radius 3 is 2.90 bits per heavy atom. The van der Waals surface area contributed by atoms with Crippen LogP contribution in [0.5, 0.6) is 11.5 Å². The van der Waals surface area contributed by atoms with Crippen molar-refractivity contribution < 1.29 is 19.1 Å². The molecule has 2 aliphatic rings. The topological polar surface area (TPSA) is 93.9 Å². The molecule has 1 fully saturated rings. The van der Waals surface area contributed by atoms with Crippen molar-refractivity contribution in [3.63, 3.8) is 0 Å². The molecule has 2 heterocycles. The molecule has 21 heavy (non-hydrogen) atoms. The van der Waals surface area contributed by atoms with Crippen LogP contribution in [0.4, 0.5) is 0 Å². The summed E-state index contributed by atoms with van der Waals surface area (Å²) < 4.78 is 11.0. The molecule has 1 aromatic rings. The first-order chi connectivity index (χ1) is 10.2. The van der Waals surface area contributed by atoms with Gasteiger partial charge in [-0.1, -0.05) is 6.07 Å². The van der Waals surface area contributed by atoms with Gasteiger partial charge in [-0.05, 0) is 12.1 Å². The lowest BCUT2D eigenvalue weighted by Crippen LogP contribution is -2.58. The van der Waals surface area contributed by atoms with Crippen molar-refractivity contribution in [1.82, 2.24) is 10.2 Å². The third-order valence-electron chi connectivity index (χ3n) is 3.63. The number of benzene rings is 1. The molecule has 0 radical (unpaired) electrons. The maximum absolute atomic E-state index is 12.7. The standard InChI is InChI=1S/C14H17N3O4/c15-13(18)10-8-16-4-5-17(10)14(19)9-2-1-3-11-12(9)21-7-6-20-11/h1-3,10,16H,4-8H2,(H2,15,18). The molecule has 0 bridgehead atoms. The number of hydrogen-bond acceptors (Lipinski definition) is 5. The third-order valence-corrected chi connectivity index (χ3v) is 3.63. The third kappa shape index (κ3) is 2.52. The Kier molecular flexibility index (Phi) is 3.66. The molecular weight excluding hydrogens is 274 g/mol. The van der Waals surface area contributed by atoms with Crippen molar-refractivity contribution >= 4 is 11.8 Å². The van der Waals surface area contributed by atoms with E-state index in [1.807, 2.05) is 0 Å². The van der Waals surface area contributed by atoms with Crippen LogP contribution in [0, 0.1) is 0 Å². The molecule has 112 valence electrons. The molecule has 7 nitrogen and oxygen atoms in total. The molecule has 2 aliphatic heterocycles. The second kappa shape index (κ2) is 5.61. The molecule has 1 unspecified atom stereocenters. The Morgan fingerprint density at radius 1 is 1.29 bits per heavy atom. The molecule has 2 amide bonds. The zero-order valence-electron chi connectivity index (χ0n) is 11.5. The van der Waals surface area contributed by atoms with Gasteiger partial charge < -0.3 is 25.4 Å². The fourth-order valence-corrected chi connectivity index (χ4v) is 2.60. The fraction of sp³-hybridized carbons (Fsp3) is 0.429. The first-order valence-corrected chi connectivity index (χ1v) is 6.88. The summed E-state index contributed by atoms with van der Waals surface area (Å²) in [4.78, 5) is 25.8. The summed E-state index contributed by atoms with van der Waals surface area (Å²) >= 11 is 0. The quantitative estimate of drug-likeness (QED) is 0.756. The van der Waals surface area contributed by atoms with E-state index in [1.54, 1.807) is 18.2 Å². The van der Waals surface area contributed by atoms with Crippen LogP contribution in [0.25, 0.3) is 0 Å². The average molecular weight is 291 g/mol. The highest BCUT2D eigenvalue weighted by molar-refractivity contribution is 6.00. The normalized spacial score (nSPS) is 21.0. The zero-order valence-corrected chi connectivity index (χ0v) is 11.5. The Hall–Kier alpha value is -2.28. The summed E-state index contributed by atoms with van der Waals surface area (Å²) in [7, 11) is 0. The average Bonchev–Trinajstić information content (AvgIpc) is 2.53. The van der Waals surface area contributed by atoms with Crippen LogP contribution in [0.3, 0.4) is 0 Å². The second-order valence-corrected chi connectivity index (χ2v) is 4.95. The number of nitrogens with one attached hydrogen (secondary N) is 1. The number of rotatable bonds is 2. The van der Waals surface area contributed by atoms with E-state index < -0.39 is 11.9 Å². The van der Waals surface area contributed by atoms with Crippen LogP contribution in [0.2, 0.25) is 0 Å². The number of carbonyl (C=O) groups is 2. The molecule has 3 rings (SSSR count). The lowest BCUT2D eigenvalue weighted by molar-refractivity contribution is -0.122. The maximum atomic E-state index is 12.7. The van der Waals surface area contributed by atoms with Gasteiger partial charge in [0.25, 0.3) is 5.91 Å². The number of nitrogens with zero attached hydrogens (tertiary/aromatic N) is 1. The van der Waals surface area contributed by atoms with Crippen LogP contribution in [0.1, 0.15) is 10.4 Å². The molecule has 0 aliphatic carbocycles. The van der Waals surface area contributed by atoms with Crippen LogP contribution in [0.15, 0.2) is 18.2 Å². The van der Waals surface area contributed by atoms with Gasteiger partial charge in [0.1, 0.15) is 19.3 Å². The highest BCUT2D eigenvalue weighted by atomic mass is 16.6. The van der Waals surface area contributed by atoms with Gasteiger partial charge in [0.05, 0.1) is 5.56 Å². The molecule has 7 heteroatoms. The van der Waals surface area contributed by atoms with Crippen molar-refractivity contribution in [2.24, 2.45) is 5.73 Å². The SMILES string of the molecule is NC(=O)C1CNCCN1C(=O)c1cccc2c1OCCO2. The van der Waals surface area contributed by atoms with Gasteiger partial charge in [-0.25, -0.2) is 0 Å². The van der Waals surface area contributed by atoms with Crippen LogP contribution in [-0.2, 0) is 4.79 Å². The zero-order chi connectivity index (χ0) is 14.8. The number of para-hydroxylation sites is 1. The number of nitrogens with two attached hydrogens (primary N) is 1. The second-order valence-electron chi connectivity index (χ2n) is 4.95. The summed E-state index contributed by atoms with van der Waals surface area (Å²) in [6.07, 6.45) is 0. The van der Waals surface area contributed by atoms with Gasteiger partial charge in [-0.2, -0.15) is 0 Å². The molecule has 1 atom stereocenters. The molecule has 0 aromatic heterocycles. The van der Waals surface area contributed by atoms with E-state index in [-0.39, 0.29) is 5.91 Å². The predicted octanol–water partition coefficient (Wildman–Crippen LogP) is -0.643. The Bertz CT molecular complexity index is 575. The lowest BCUT2D eigenvalue weighted by atomic mass is 10.1. The van der Waals surface area contributed by atoms with E-state index in [1.165, 1.54) is 4.90 Å². The minimum Gasteiger partial charge on any atom is -0.486 e. The minimum absolute atomic E-state index is 0.261. The van der Waals surface area contributed by atoms with Gasteiger partial charge in [0, 0.05) is 19.6 Å². The van der Waals surface area contributed by atoms with Crippen molar-refractivity contribution in [2.45, 2.75) is 6.04 Å². The molecule has 3 N–H and O–H groups in total. The van der Waals surface area contributed by atoms with E-state index in [2.05, 4.69) is 5.32 Å². The smallest absolute Gasteiger partial charge is 0.258 e. The van der Waals surface area contributed by atoms with Gasteiger partial charge in [0.15, 0.2) is 11.5 Å². The first kappa shape index (κ1) is 13.7. The van der Waals surface area contributed by atoms with E-state index in [9.17, 15) is 9.59 Å². The summed E-state index contributed by atoms with van der Waals surface area (Å²) in [5.74, 6) is 0.216. The Labute approximate surface area is 122 Å². The van der Waals surface area contributed by atoms with Gasteiger partial charge in [-0.15, -0.1) is 0 Å². The molecule has 1 aromatic carbocycles. The van der Waals surface area contributed by atoms with Crippen molar-refractivity contribution in [3.8, 4) is 11.5 Å². The molecule has 1 saturated heterocycles. The molecule has 0 saturated carbocycles. The van der Waals surface area contributed by atoms with Crippen LogP contribution < -0.4 is 20.5 Å². The summed E-state index contributed by atoms with van der Waals surface area (Å²) in [5, 5.41) is 3.06. The van der Waals surface area contributed by atoms with Crippen molar-refractivity contribution in [1.29, 1.82) is 0 Å². The maximum Gasteiger partial charge on any atom is 0.258 e. The summed E-state index contributed by atoms with van der Waals surface area (Å²) in [6.45, 7) is 2.28. The Balaban J connectivity index is 1.92. The highest BCUT2D eigenvalue weighted by Gasteiger charge is 2.33. The largest absolute Gasteiger partial charge is 0.486 e. The van der Waals surface area contributed by atoms with Crippen LogP contribution >= 0.6 is 0 Å². The number of amides is 2. The number of carbonyl (C=O) groups excluding carboxylic acids is 2. The number of piperazine rings is 1. The number of fused-ring (bicyclic) bond motifs is 1. The minimum atomic E-state index is -0.647. The Morgan fingerprint density at radius 2 is 2.10 bits per heavy atom. The number of ether oxygens (including phenoxy) is 2. The van der Waals surface area contributed by atoms with Gasteiger partial charge in [-0.3, -0.25) is 9.59 Å². The van der Waals surface area contributed by atoms with Crippen molar-refractivity contribution in [2.75, 3.05) is 32.8 Å². The van der Waals surface area contributed by atoms with E-state index in [0.29, 0.717) is 49.9 Å². The van der Waals surface area contributed by atoms with Gasteiger partial charge >= 0.3 is 0 Å². The van der Waals surface area contributed by atoms with Crippen LogP contribution in [-0.4, -0.2) is 55.6 Å². The van der Waals surface area contributed by atoms with E-state index in [4.69, 9.17) is 15.2 Å². The molecular formula is C14H17N3O4. The summed E-state index contributed by atoms with van der Waals surface area (Å²) in [6, 6.07) is 4.53. The lowest BCUT2D eigenvalue weighted by Gasteiger charge is -2.34. The molecule has 0 spiro atoms. The summed E-state index contributed by atoms with van der Waals surface area (Å²) in [5.41, 5.74) is 5.79. The number of hydrogen-bond donors (Lipinski definition) is 2. The van der Waals surface area contributed by atoms with Gasteiger partial charge in [0.2, 0.25) is 5.91 Å². The van der Waals surface area contributed by atoms with E-state index in [0.717, 1.165) is 0 Å². The highest BCUT2D eigenvalue weighted by Crippen LogP contribution is 2.34.